The van der Waals surface area contributed by atoms with Crippen LogP contribution < -0.4 is 5.32 Å². The fourth-order valence-corrected chi connectivity index (χ4v) is 3.89. The normalized spacial score (nSPS) is 16.9. The number of nitrogens with one attached hydrogen (secondary N) is 1. The fourth-order valence-electron chi connectivity index (χ4n) is 2.97. The van der Waals surface area contributed by atoms with Crippen molar-refractivity contribution >= 4 is 29.0 Å². The summed E-state index contributed by atoms with van der Waals surface area (Å²) in [6.45, 7) is 3.27. The lowest BCUT2D eigenvalue weighted by Crippen LogP contribution is -2.33. The van der Waals surface area contributed by atoms with E-state index in [2.05, 4.69) is 17.4 Å². The van der Waals surface area contributed by atoms with Crippen LogP contribution in [-0.2, 0) is 4.74 Å². The summed E-state index contributed by atoms with van der Waals surface area (Å²) in [6, 6.07) is 10.1. The van der Waals surface area contributed by atoms with Crippen LogP contribution in [0.5, 0.6) is 0 Å². The van der Waals surface area contributed by atoms with Gasteiger partial charge in [0.15, 0.2) is 0 Å². The number of carbonyl (C=O) groups is 2. The summed E-state index contributed by atoms with van der Waals surface area (Å²) in [5.74, 6) is -0.0624. The van der Waals surface area contributed by atoms with Crippen LogP contribution in [0.25, 0.3) is 0 Å². The van der Waals surface area contributed by atoms with E-state index in [4.69, 9.17) is 4.74 Å². The number of rotatable bonds is 3. The summed E-state index contributed by atoms with van der Waals surface area (Å²) >= 11 is 1.28. The molecule has 1 aliphatic heterocycles. The number of thiophene rings is 1. The zero-order chi connectivity index (χ0) is 17.1. The van der Waals surface area contributed by atoms with Gasteiger partial charge in [0.1, 0.15) is 4.88 Å². The highest BCUT2D eigenvalue weighted by atomic mass is 32.1. The largest absolute Gasteiger partial charge is 0.465 e. The molecule has 1 aromatic heterocycles. The number of hydrogen-bond donors (Lipinski definition) is 1. The molecule has 1 saturated heterocycles. The SMILES string of the molecule is COC(=O)c1scc(C)c1NC(=O)N1CC[C@H](c2ccccc2)C1. The van der Waals surface area contributed by atoms with Crippen molar-refractivity contribution in [3.8, 4) is 0 Å². The van der Waals surface area contributed by atoms with Gasteiger partial charge in [0.25, 0.3) is 0 Å². The van der Waals surface area contributed by atoms with Crippen molar-refractivity contribution < 1.29 is 14.3 Å². The minimum Gasteiger partial charge on any atom is -0.465 e. The molecule has 5 nitrogen and oxygen atoms in total. The maximum absolute atomic E-state index is 12.6. The van der Waals surface area contributed by atoms with E-state index in [9.17, 15) is 9.59 Å². The number of likely N-dealkylation sites (tertiary alicyclic amines) is 1. The lowest BCUT2D eigenvalue weighted by Gasteiger charge is -2.18. The van der Waals surface area contributed by atoms with E-state index in [1.165, 1.54) is 24.0 Å². The third-order valence-corrected chi connectivity index (χ3v) is 5.40. The van der Waals surface area contributed by atoms with Crippen LogP contribution in [0.1, 0.15) is 33.1 Å². The number of hydrogen-bond acceptors (Lipinski definition) is 4. The molecular weight excluding hydrogens is 324 g/mol. The second-order valence-electron chi connectivity index (χ2n) is 5.89. The minimum atomic E-state index is -0.424. The van der Waals surface area contributed by atoms with Crippen molar-refractivity contribution in [2.24, 2.45) is 0 Å². The van der Waals surface area contributed by atoms with E-state index >= 15 is 0 Å². The molecule has 3 rings (SSSR count). The van der Waals surface area contributed by atoms with Gasteiger partial charge >= 0.3 is 12.0 Å². The maximum Gasteiger partial charge on any atom is 0.350 e. The first kappa shape index (κ1) is 16.5. The van der Waals surface area contributed by atoms with Crippen LogP contribution in [0.2, 0.25) is 0 Å². The summed E-state index contributed by atoms with van der Waals surface area (Å²) in [5.41, 5.74) is 2.68. The molecule has 1 aliphatic rings. The molecule has 1 N–H and O–H groups in total. The highest BCUT2D eigenvalue weighted by Crippen LogP contribution is 2.31. The van der Waals surface area contributed by atoms with Gasteiger partial charge in [-0.05, 0) is 29.9 Å². The van der Waals surface area contributed by atoms with Gasteiger partial charge in [-0.1, -0.05) is 30.3 Å². The number of urea groups is 1. The smallest absolute Gasteiger partial charge is 0.350 e. The van der Waals surface area contributed by atoms with Crippen molar-refractivity contribution in [3.05, 3.63) is 51.7 Å². The Bertz CT molecular complexity index is 742. The summed E-state index contributed by atoms with van der Waals surface area (Å²) < 4.78 is 4.78. The van der Waals surface area contributed by atoms with E-state index in [1.54, 1.807) is 4.90 Å². The van der Waals surface area contributed by atoms with E-state index in [0.717, 1.165) is 12.0 Å². The van der Waals surface area contributed by atoms with E-state index in [1.807, 2.05) is 30.5 Å². The third-order valence-electron chi connectivity index (χ3n) is 4.32. The number of amides is 2. The van der Waals surface area contributed by atoms with Crippen LogP contribution in [-0.4, -0.2) is 37.1 Å². The molecule has 0 saturated carbocycles. The predicted molar refractivity (Wildman–Crippen MR) is 94.8 cm³/mol. The summed E-state index contributed by atoms with van der Waals surface area (Å²) in [7, 11) is 1.34. The van der Waals surface area contributed by atoms with Crippen LogP contribution in [0, 0.1) is 6.92 Å². The molecule has 1 aromatic carbocycles. The average Bonchev–Trinajstić information content (AvgIpc) is 3.23. The van der Waals surface area contributed by atoms with Crippen molar-refractivity contribution in [3.63, 3.8) is 0 Å². The van der Waals surface area contributed by atoms with Crippen LogP contribution >= 0.6 is 11.3 Å². The molecule has 24 heavy (non-hydrogen) atoms. The van der Waals surface area contributed by atoms with Crippen LogP contribution in [0.4, 0.5) is 10.5 Å². The molecule has 1 atom stereocenters. The Morgan fingerprint density at radius 1 is 1.29 bits per heavy atom. The van der Waals surface area contributed by atoms with Gasteiger partial charge in [-0.2, -0.15) is 0 Å². The van der Waals surface area contributed by atoms with E-state index in [0.29, 0.717) is 29.6 Å². The molecule has 126 valence electrons. The molecule has 2 heterocycles. The number of nitrogens with zero attached hydrogens (tertiary/aromatic N) is 1. The van der Waals surface area contributed by atoms with Gasteiger partial charge < -0.3 is 15.0 Å². The van der Waals surface area contributed by atoms with E-state index < -0.39 is 5.97 Å². The van der Waals surface area contributed by atoms with Crippen molar-refractivity contribution in [2.45, 2.75) is 19.3 Å². The first-order chi connectivity index (χ1) is 11.6. The number of methoxy groups -OCH3 is 1. The Morgan fingerprint density at radius 2 is 2.04 bits per heavy atom. The van der Waals surface area contributed by atoms with Gasteiger partial charge in [-0.3, -0.25) is 0 Å². The van der Waals surface area contributed by atoms with Gasteiger partial charge in [0.05, 0.1) is 12.8 Å². The Morgan fingerprint density at radius 3 is 2.75 bits per heavy atom. The molecule has 2 amide bonds. The highest BCUT2D eigenvalue weighted by molar-refractivity contribution is 7.12. The summed E-state index contributed by atoms with van der Waals surface area (Å²) in [4.78, 5) is 26.6. The van der Waals surface area contributed by atoms with E-state index in [-0.39, 0.29) is 6.03 Å². The average molecular weight is 344 g/mol. The van der Waals surface area contributed by atoms with Crippen molar-refractivity contribution in [1.29, 1.82) is 0 Å². The quantitative estimate of drug-likeness (QED) is 0.860. The molecule has 0 unspecified atom stereocenters. The van der Waals surface area contributed by atoms with Gasteiger partial charge in [-0.15, -0.1) is 11.3 Å². The molecule has 0 spiro atoms. The van der Waals surface area contributed by atoms with Crippen LogP contribution in [0.3, 0.4) is 0 Å². The first-order valence-corrected chi connectivity index (χ1v) is 8.75. The molecule has 1 fully saturated rings. The maximum atomic E-state index is 12.6. The first-order valence-electron chi connectivity index (χ1n) is 7.87. The van der Waals surface area contributed by atoms with Crippen molar-refractivity contribution in [2.75, 3.05) is 25.5 Å². The number of anilines is 1. The fraction of sp³-hybridized carbons (Fsp3) is 0.333. The topological polar surface area (TPSA) is 58.6 Å². The molecule has 0 radical (unpaired) electrons. The van der Waals surface area contributed by atoms with Crippen LogP contribution in [0.15, 0.2) is 35.7 Å². The summed E-state index contributed by atoms with van der Waals surface area (Å²) in [6.07, 6.45) is 0.948. The number of carbonyl (C=O) groups excluding carboxylic acids is 2. The Kier molecular flexibility index (Phi) is 4.85. The Labute approximate surface area is 145 Å². The monoisotopic (exact) mass is 344 g/mol. The number of esters is 1. The number of ether oxygens (including phenoxy) is 1. The van der Waals surface area contributed by atoms with Gasteiger partial charge in [0, 0.05) is 19.0 Å². The zero-order valence-electron chi connectivity index (χ0n) is 13.7. The molecule has 0 bridgehead atoms. The molecular formula is C18H20N2O3S. The molecule has 6 heteroatoms. The minimum absolute atomic E-state index is 0.167. The lowest BCUT2D eigenvalue weighted by molar-refractivity contribution is 0.0607. The summed E-state index contributed by atoms with van der Waals surface area (Å²) in [5, 5.41) is 4.73. The highest BCUT2D eigenvalue weighted by Gasteiger charge is 2.28. The Balaban J connectivity index is 1.69. The number of aryl methyl sites for hydroxylation is 1. The van der Waals surface area contributed by atoms with Gasteiger partial charge in [-0.25, -0.2) is 9.59 Å². The van der Waals surface area contributed by atoms with Crippen molar-refractivity contribution in [1.82, 2.24) is 4.90 Å². The lowest BCUT2D eigenvalue weighted by atomic mass is 9.99. The second kappa shape index (κ2) is 7.05. The predicted octanol–water partition coefficient (Wildman–Crippen LogP) is 3.86. The number of benzene rings is 1. The van der Waals surface area contributed by atoms with Gasteiger partial charge in [0.2, 0.25) is 0 Å². The molecule has 2 aromatic rings. The second-order valence-corrected chi connectivity index (χ2v) is 6.77. The standard InChI is InChI=1S/C18H20N2O3S/c1-12-11-24-16(17(21)23-2)15(12)19-18(22)20-9-8-14(10-20)13-6-4-3-5-7-13/h3-7,11,14H,8-10H2,1-2H3,(H,19,22)/t14-/m0/s1. The molecule has 0 aliphatic carbocycles. The zero-order valence-corrected chi connectivity index (χ0v) is 14.6. The Hall–Kier alpha value is -2.34. The third kappa shape index (κ3) is 3.28.